The lowest BCUT2D eigenvalue weighted by Gasteiger charge is -2.38. The molecule has 1 aliphatic rings. The van der Waals surface area contributed by atoms with Crippen molar-refractivity contribution in [1.82, 2.24) is 19.9 Å². The van der Waals surface area contributed by atoms with Gasteiger partial charge in [0.05, 0.1) is 24.5 Å². The molecule has 1 saturated heterocycles. The first-order valence-corrected chi connectivity index (χ1v) is 10.4. The van der Waals surface area contributed by atoms with E-state index in [-0.39, 0.29) is 41.7 Å². The number of nitrogens with two attached hydrogens (primary N) is 2. The Morgan fingerprint density at radius 3 is 2.61 bits per heavy atom. The second-order valence-electron chi connectivity index (χ2n) is 7.79. The number of aromatic nitrogens is 4. The molecule has 4 heterocycles. The fourth-order valence-corrected chi connectivity index (χ4v) is 3.55. The first-order chi connectivity index (χ1) is 16.9. The van der Waals surface area contributed by atoms with Crippen molar-refractivity contribution < 1.29 is 31.5 Å². The number of anilines is 3. The number of nitrogens with one attached hydrogen (secondary N) is 1. The summed E-state index contributed by atoms with van der Waals surface area (Å²) < 4.78 is 70.7. The highest BCUT2D eigenvalue weighted by atomic mass is 19.4. The fourth-order valence-electron chi connectivity index (χ4n) is 3.55. The molecule has 0 saturated carbocycles. The molecule has 15 heteroatoms. The van der Waals surface area contributed by atoms with Gasteiger partial charge < -0.3 is 26.4 Å². The Morgan fingerprint density at radius 1 is 1.17 bits per heavy atom. The Hall–Kier alpha value is -4.14. The van der Waals surface area contributed by atoms with Crippen LogP contribution in [0.4, 0.5) is 39.3 Å². The maximum Gasteiger partial charge on any atom is 0.573 e. The number of amides is 1. The van der Waals surface area contributed by atoms with E-state index in [4.69, 9.17) is 11.5 Å². The van der Waals surface area contributed by atoms with Crippen LogP contribution in [0.2, 0.25) is 0 Å². The summed E-state index contributed by atoms with van der Waals surface area (Å²) in [5.74, 6) is -5.13. The molecule has 36 heavy (non-hydrogen) atoms. The molecule has 1 atom stereocenters. The number of rotatable bonds is 5. The molecule has 1 fully saturated rings. The van der Waals surface area contributed by atoms with Crippen LogP contribution in [0.1, 0.15) is 16.9 Å². The van der Waals surface area contributed by atoms with E-state index in [1.165, 1.54) is 35.5 Å². The zero-order valence-corrected chi connectivity index (χ0v) is 18.3. The highest BCUT2D eigenvalue weighted by Crippen LogP contribution is 2.34. The molecule has 4 rings (SSSR count). The van der Waals surface area contributed by atoms with E-state index >= 15 is 0 Å². The summed E-state index contributed by atoms with van der Waals surface area (Å²) in [6.45, 7) is -0.480. The summed E-state index contributed by atoms with van der Waals surface area (Å²) in [5, 5.41) is 2.45. The van der Waals surface area contributed by atoms with Gasteiger partial charge in [0.1, 0.15) is 11.4 Å². The average Bonchev–Trinajstić information content (AvgIpc) is 2.81. The van der Waals surface area contributed by atoms with Gasteiger partial charge in [-0.2, -0.15) is 0 Å². The quantitative estimate of drug-likeness (QED) is 0.441. The van der Waals surface area contributed by atoms with Crippen molar-refractivity contribution in [3.8, 4) is 17.1 Å². The Labute approximate surface area is 200 Å². The second-order valence-corrected chi connectivity index (χ2v) is 7.79. The first kappa shape index (κ1) is 25.0. The molecule has 0 aliphatic carbocycles. The first-order valence-electron chi connectivity index (χ1n) is 10.4. The summed E-state index contributed by atoms with van der Waals surface area (Å²) in [6, 6.07) is 3.96. The summed E-state index contributed by atoms with van der Waals surface area (Å²) in [5.41, 5.74) is 10.5. The molecule has 0 radical (unpaired) electrons. The predicted octanol–water partition coefficient (Wildman–Crippen LogP) is 2.84. The van der Waals surface area contributed by atoms with Gasteiger partial charge in [0.15, 0.2) is 23.1 Å². The number of alkyl halides is 5. The Bertz CT molecular complexity index is 1270. The van der Waals surface area contributed by atoms with Gasteiger partial charge in [-0.15, -0.1) is 13.2 Å². The van der Waals surface area contributed by atoms with Gasteiger partial charge in [-0.1, -0.05) is 0 Å². The summed E-state index contributed by atoms with van der Waals surface area (Å²) in [7, 11) is 0. The van der Waals surface area contributed by atoms with Crippen LogP contribution in [-0.2, 0) is 0 Å². The molecule has 190 valence electrons. The molecular formula is C21H19F5N8O2. The lowest BCUT2D eigenvalue weighted by molar-refractivity contribution is -0.274. The van der Waals surface area contributed by atoms with Crippen LogP contribution >= 0.6 is 0 Å². The minimum absolute atomic E-state index is 0.0160. The third kappa shape index (κ3) is 5.40. The van der Waals surface area contributed by atoms with Crippen molar-refractivity contribution in [1.29, 1.82) is 0 Å². The standard InChI is InChI=1S/C21H19F5N8O2/c22-20(23)10-34(8-5-14(20)27)12-3-1-7-30-18(12)33-19(35)16-17(28)31-9-11(32-16)15-13(4-2-6-29-15)36-21(24,25)26/h1-4,6-7,9,14H,5,8,10,27H2,(H2,28,31)(H,30,33,35). The average molecular weight is 510 g/mol. The number of halogens is 5. The maximum atomic E-state index is 14.2. The highest BCUT2D eigenvalue weighted by molar-refractivity contribution is 6.06. The third-order valence-corrected chi connectivity index (χ3v) is 5.27. The predicted molar refractivity (Wildman–Crippen MR) is 118 cm³/mol. The normalized spacial score (nSPS) is 17.5. The molecular weight excluding hydrogens is 491 g/mol. The van der Waals surface area contributed by atoms with E-state index in [1.54, 1.807) is 0 Å². The zero-order chi connectivity index (χ0) is 26.1. The Kier molecular flexibility index (Phi) is 6.58. The van der Waals surface area contributed by atoms with Crippen LogP contribution in [0.15, 0.2) is 42.9 Å². The number of pyridine rings is 2. The summed E-state index contributed by atoms with van der Waals surface area (Å²) >= 11 is 0. The second kappa shape index (κ2) is 9.49. The van der Waals surface area contributed by atoms with E-state index < -0.39 is 42.2 Å². The van der Waals surface area contributed by atoms with E-state index in [0.29, 0.717) is 0 Å². The molecule has 1 unspecified atom stereocenters. The van der Waals surface area contributed by atoms with Crippen molar-refractivity contribution in [3.05, 3.63) is 48.5 Å². The van der Waals surface area contributed by atoms with Crippen LogP contribution in [0.3, 0.4) is 0 Å². The van der Waals surface area contributed by atoms with E-state index in [1.807, 2.05) is 0 Å². The molecule has 5 N–H and O–H groups in total. The lowest BCUT2D eigenvalue weighted by atomic mass is 10.0. The van der Waals surface area contributed by atoms with Gasteiger partial charge in [-0.25, -0.2) is 23.7 Å². The molecule has 10 nitrogen and oxygen atoms in total. The van der Waals surface area contributed by atoms with Gasteiger partial charge in [-0.3, -0.25) is 9.78 Å². The van der Waals surface area contributed by atoms with Crippen molar-refractivity contribution in [3.63, 3.8) is 0 Å². The topological polar surface area (TPSA) is 145 Å². The van der Waals surface area contributed by atoms with E-state index in [9.17, 15) is 26.7 Å². The van der Waals surface area contributed by atoms with Crippen molar-refractivity contribution in [2.45, 2.75) is 24.7 Å². The summed E-state index contributed by atoms with van der Waals surface area (Å²) in [4.78, 5) is 30.1. The Balaban J connectivity index is 1.63. The SMILES string of the molecule is Nc1ncc(-c2ncccc2OC(F)(F)F)nc1C(=O)Nc1ncccc1N1CCC(N)C(F)(F)C1. The van der Waals surface area contributed by atoms with Gasteiger partial charge in [0.25, 0.3) is 11.8 Å². The van der Waals surface area contributed by atoms with Crippen LogP contribution in [-0.4, -0.2) is 57.3 Å². The highest BCUT2D eigenvalue weighted by Gasteiger charge is 2.43. The number of hydrogen-bond donors (Lipinski definition) is 3. The number of nitrogen functional groups attached to an aromatic ring is 1. The number of ether oxygens (including phenoxy) is 1. The van der Waals surface area contributed by atoms with Gasteiger partial charge >= 0.3 is 6.36 Å². The molecule has 1 amide bonds. The lowest BCUT2D eigenvalue weighted by Crippen LogP contribution is -2.55. The molecule has 3 aromatic rings. The molecule has 1 aliphatic heterocycles. The number of piperidine rings is 1. The monoisotopic (exact) mass is 510 g/mol. The van der Waals surface area contributed by atoms with Crippen LogP contribution in [0, 0.1) is 0 Å². The minimum atomic E-state index is -5.00. The minimum Gasteiger partial charge on any atom is -0.403 e. The largest absolute Gasteiger partial charge is 0.573 e. The molecule has 0 aromatic carbocycles. The number of hydrogen-bond acceptors (Lipinski definition) is 9. The van der Waals surface area contributed by atoms with Crippen molar-refractivity contribution in [2.75, 3.05) is 29.0 Å². The number of carbonyl (C=O) groups is 1. The van der Waals surface area contributed by atoms with E-state index in [2.05, 4.69) is 30.0 Å². The number of carbonyl (C=O) groups excluding carboxylic acids is 1. The van der Waals surface area contributed by atoms with Gasteiger partial charge in [0.2, 0.25) is 0 Å². The smallest absolute Gasteiger partial charge is 0.403 e. The third-order valence-electron chi connectivity index (χ3n) is 5.27. The van der Waals surface area contributed by atoms with Crippen molar-refractivity contribution in [2.24, 2.45) is 5.73 Å². The van der Waals surface area contributed by atoms with Crippen LogP contribution in [0.5, 0.6) is 5.75 Å². The maximum absolute atomic E-state index is 14.2. The van der Waals surface area contributed by atoms with Gasteiger partial charge in [-0.05, 0) is 30.7 Å². The van der Waals surface area contributed by atoms with Crippen LogP contribution < -0.4 is 26.4 Å². The molecule has 0 spiro atoms. The van der Waals surface area contributed by atoms with Gasteiger partial charge in [0, 0.05) is 18.9 Å². The summed E-state index contributed by atoms with van der Waals surface area (Å²) in [6.07, 6.45) is -1.40. The molecule has 3 aromatic heterocycles. The molecule has 0 bridgehead atoms. The number of nitrogens with zero attached hydrogens (tertiary/aromatic N) is 5. The van der Waals surface area contributed by atoms with Crippen molar-refractivity contribution >= 4 is 23.2 Å². The van der Waals surface area contributed by atoms with E-state index in [0.717, 1.165) is 12.3 Å². The Morgan fingerprint density at radius 2 is 1.89 bits per heavy atom. The zero-order valence-electron chi connectivity index (χ0n) is 18.3. The fraction of sp³-hybridized carbons (Fsp3) is 0.286. The van der Waals surface area contributed by atoms with Crippen LogP contribution in [0.25, 0.3) is 11.4 Å².